The number of piperidine rings is 1. The van der Waals surface area contributed by atoms with Gasteiger partial charge in [-0.3, -0.25) is 9.48 Å². The second-order valence-electron chi connectivity index (χ2n) is 8.52. The zero-order chi connectivity index (χ0) is 19.1. The fourth-order valence-electron chi connectivity index (χ4n) is 3.61. The predicted molar refractivity (Wildman–Crippen MR) is 97.9 cm³/mol. The summed E-state index contributed by atoms with van der Waals surface area (Å²) in [5.41, 5.74) is 1.87. The average Bonchev–Trinajstić information content (AvgIpc) is 2.90. The second-order valence-corrected chi connectivity index (χ2v) is 8.52. The Hall–Kier alpha value is -2.05. The lowest BCUT2D eigenvalue weighted by molar-refractivity contribution is 0.0221. The van der Waals surface area contributed by atoms with Crippen molar-refractivity contribution in [3.8, 4) is 0 Å². The monoisotopic (exact) mass is 362 g/mol. The highest BCUT2D eigenvalue weighted by molar-refractivity contribution is 5.94. The van der Waals surface area contributed by atoms with Crippen LogP contribution in [-0.2, 0) is 24.8 Å². The van der Waals surface area contributed by atoms with Gasteiger partial charge in [0.25, 0.3) is 5.91 Å². The molecule has 1 aromatic rings. The van der Waals surface area contributed by atoms with E-state index in [4.69, 9.17) is 4.74 Å². The number of carbonyl (C=O) groups excluding carboxylic acids is 2. The maximum Gasteiger partial charge on any atom is 0.410 e. The Morgan fingerprint density at radius 2 is 1.77 bits per heavy atom. The van der Waals surface area contributed by atoms with Gasteiger partial charge in [0.05, 0.1) is 6.54 Å². The van der Waals surface area contributed by atoms with Crippen molar-refractivity contribution < 1.29 is 14.3 Å². The van der Waals surface area contributed by atoms with Gasteiger partial charge in [-0.25, -0.2) is 4.79 Å². The Balaban J connectivity index is 1.79. The van der Waals surface area contributed by atoms with Gasteiger partial charge in [-0.15, -0.1) is 0 Å². The summed E-state index contributed by atoms with van der Waals surface area (Å²) in [5.74, 6) is 0.652. The van der Waals surface area contributed by atoms with Crippen LogP contribution in [0.1, 0.15) is 62.3 Å². The van der Waals surface area contributed by atoms with E-state index < -0.39 is 5.60 Å². The van der Waals surface area contributed by atoms with E-state index >= 15 is 0 Å². The molecular formula is C19H30N4O3. The van der Waals surface area contributed by atoms with Crippen molar-refractivity contribution in [1.82, 2.24) is 19.6 Å². The molecule has 0 aliphatic carbocycles. The lowest BCUT2D eigenvalue weighted by Gasteiger charge is -2.32. The zero-order valence-electron chi connectivity index (χ0n) is 16.5. The van der Waals surface area contributed by atoms with E-state index in [-0.39, 0.29) is 12.0 Å². The minimum atomic E-state index is -0.532. The topological polar surface area (TPSA) is 67.7 Å². The molecule has 144 valence electrons. The molecule has 2 aliphatic rings. The molecule has 0 saturated carbocycles. The Morgan fingerprint density at radius 3 is 2.38 bits per heavy atom. The molecule has 1 fully saturated rings. The number of amides is 2. The van der Waals surface area contributed by atoms with Crippen molar-refractivity contribution in [1.29, 1.82) is 0 Å². The summed E-state index contributed by atoms with van der Waals surface area (Å²) in [6, 6.07) is 0. The van der Waals surface area contributed by atoms with Gasteiger partial charge in [0.1, 0.15) is 5.60 Å². The van der Waals surface area contributed by atoms with Gasteiger partial charge in [-0.2, -0.15) is 5.10 Å². The van der Waals surface area contributed by atoms with Crippen LogP contribution in [0.5, 0.6) is 0 Å². The van der Waals surface area contributed by atoms with Crippen molar-refractivity contribution in [3.63, 3.8) is 0 Å². The number of ether oxygens (including phenoxy) is 1. The van der Waals surface area contributed by atoms with Crippen LogP contribution in [0.25, 0.3) is 0 Å². The third kappa shape index (κ3) is 3.86. The van der Waals surface area contributed by atoms with Gasteiger partial charge in [0.15, 0.2) is 5.69 Å². The van der Waals surface area contributed by atoms with Crippen molar-refractivity contribution in [2.75, 3.05) is 19.6 Å². The molecule has 0 spiro atoms. The summed E-state index contributed by atoms with van der Waals surface area (Å²) in [7, 11) is 1.87. The third-order valence-electron chi connectivity index (χ3n) is 5.17. The fourth-order valence-corrected chi connectivity index (χ4v) is 3.61. The van der Waals surface area contributed by atoms with Crippen LogP contribution in [0.4, 0.5) is 4.79 Å². The molecular weight excluding hydrogens is 332 g/mol. The molecule has 3 rings (SSSR count). The van der Waals surface area contributed by atoms with Crippen molar-refractivity contribution >= 4 is 12.0 Å². The number of hydrogen-bond donors (Lipinski definition) is 0. The molecule has 7 nitrogen and oxygen atoms in total. The van der Waals surface area contributed by atoms with Gasteiger partial charge >= 0.3 is 6.09 Å². The summed E-state index contributed by atoms with van der Waals surface area (Å²) in [4.78, 5) is 29.0. The Bertz CT molecular complexity index is 696. The van der Waals surface area contributed by atoms with E-state index in [1.807, 2.05) is 32.7 Å². The van der Waals surface area contributed by atoms with E-state index in [9.17, 15) is 9.59 Å². The van der Waals surface area contributed by atoms with Crippen LogP contribution in [0, 0.1) is 5.92 Å². The molecule has 7 heteroatoms. The highest BCUT2D eigenvalue weighted by Crippen LogP contribution is 2.26. The molecule has 0 N–H and O–H groups in total. The Kier molecular flexibility index (Phi) is 4.99. The Morgan fingerprint density at radius 1 is 1.12 bits per heavy atom. The van der Waals surface area contributed by atoms with Gasteiger partial charge in [-0.05, 0) is 39.5 Å². The van der Waals surface area contributed by atoms with E-state index in [0.29, 0.717) is 31.1 Å². The van der Waals surface area contributed by atoms with Gasteiger partial charge in [-0.1, -0.05) is 6.92 Å². The number of nitrogens with zero attached hydrogens (tertiary/aromatic N) is 4. The highest BCUT2D eigenvalue weighted by Gasteiger charge is 2.33. The number of aromatic nitrogens is 2. The quantitative estimate of drug-likeness (QED) is 0.770. The number of fused-ring (bicyclic) bond motifs is 1. The summed E-state index contributed by atoms with van der Waals surface area (Å²) in [5, 5.41) is 4.50. The van der Waals surface area contributed by atoms with E-state index in [0.717, 1.165) is 37.2 Å². The van der Waals surface area contributed by atoms with Crippen LogP contribution >= 0.6 is 0 Å². The molecule has 1 saturated heterocycles. The number of hydrogen-bond acceptors (Lipinski definition) is 4. The largest absolute Gasteiger partial charge is 0.444 e. The molecule has 26 heavy (non-hydrogen) atoms. The van der Waals surface area contributed by atoms with Gasteiger partial charge in [0, 0.05) is 44.4 Å². The standard InChI is InChI=1S/C19H30N4O3/c1-13-6-9-22(10-7-13)17(24)16-14-12-23(18(25)26-19(2,3)4)11-8-15(14)21(5)20-16/h13H,6-12H2,1-5H3. The summed E-state index contributed by atoms with van der Waals surface area (Å²) in [6.45, 7) is 10.3. The first-order valence-electron chi connectivity index (χ1n) is 9.47. The van der Waals surface area contributed by atoms with E-state index in [1.54, 1.807) is 9.58 Å². The van der Waals surface area contributed by atoms with E-state index in [2.05, 4.69) is 12.0 Å². The van der Waals surface area contributed by atoms with Gasteiger partial charge < -0.3 is 14.5 Å². The second kappa shape index (κ2) is 6.93. The third-order valence-corrected chi connectivity index (χ3v) is 5.17. The normalized spacial score (nSPS) is 18.7. The fraction of sp³-hybridized carbons (Fsp3) is 0.737. The van der Waals surface area contributed by atoms with Crippen LogP contribution in [0.15, 0.2) is 0 Å². The summed E-state index contributed by atoms with van der Waals surface area (Å²) in [6.07, 6.45) is 2.41. The number of likely N-dealkylation sites (tertiary alicyclic amines) is 1. The molecule has 2 amide bonds. The van der Waals surface area contributed by atoms with Crippen molar-refractivity contribution in [3.05, 3.63) is 17.0 Å². The predicted octanol–water partition coefficient (Wildman–Crippen LogP) is 2.59. The highest BCUT2D eigenvalue weighted by atomic mass is 16.6. The minimum Gasteiger partial charge on any atom is -0.444 e. The lowest BCUT2D eigenvalue weighted by Crippen LogP contribution is -2.41. The smallest absolute Gasteiger partial charge is 0.410 e. The zero-order valence-corrected chi connectivity index (χ0v) is 16.5. The summed E-state index contributed by atoms with van der Waals surface area (Å²) >= 11 is 0. The van der Waals surface area contributed by atoms with Crippen LogP contribution in [0.2, 0.25) is 0 Å². The van der Waals surface area contributed by atoms with Crippen LogP contribution in [0.3, 0.4) is 0 Å². The Labute approximate surface area is 155 Å². The van der Waals surface area contributed by atoms with E-state index in [1.165, 1.54) is 0 Å². The van der Waals surface area contributed by atoms with Crippen molar-refractivity contribution in [2.24, 2.45) is 13.0 Å². The molecule has 2 aliphatic heterocycles. The molecule has 1 aromatic heterocycles. The maximum absolute atomic E-state index is 13.0. The first-order chi connectivity index (χ1) is 12.2. The molecule has 0 atom stereocenters. The minimum absolute atomic E-state index is 0.0141. The lowest BCUT2D eigenvalue weighted by atomic mass is 9.98. The number of carbonyl (C=O) groups is 2. The van der Waals surface area contributed by atoms with Gasteiger partial charge in [0.2, 0.25) is 0 Å². The molecule has 0 unspecified atom stereocenters. The molecule has 0 bridgehead atoms. The van der Waals surface area contributed by atoms with Crippen LogP contribution in [-0.4, -0.2) is 56.8 Å². The first-order valence-corrected chi connectivity index (χ1v) is 9.47. The SMILES string of the molecule is CC1CCN(C(=O)c2nn(C)c3c2CN(C(=O)OC(C)(C)C)CC3)CC1. The van der Waals surface area contributed by atoms with Crippen molar-refractivity contribution in [2.45, 2.75) is 59.1 Å². The molecule has 0 aromatic carbocycles. The molecule has 3 heterocycles. The number of rotatable bonds is 1. The number of aryl methyl sites for hydroxylation is 1. The summed E-state index contributed by atoms with van der Waals surface area (Å²) < 4.78 is 7.29. The first kappa shape index (κ1) is 18.7. The van der Waals surface area contributed by atoms with Crippen LogP contribution < -0.4 is 0 Å². The average molecular weight is 362 g/mol. The molecule has 0 radical (unpaired) electrons. The maximum atomic E-state index is 13.0.